The minimum Gasteiger partial charge on any atom is -0.394 e. The van der Waals surface area contributed by atoms with Crippen LogP contribution in [0.25, 0.3) is 0 Å². The Labute approximate surface area is 169 Å². The Morgan fingerprint density at radius 1 is 1.14 bits per heavy atom. The first-order valence-corrected chi connectivity index (χ1v) is 12.6. The van der Waals surface area contributed by atoms with Crippen LogP contribution in [-0.2, 0) is 9.53 Å². The molecule has 0 radical (unpaired) electrons. The van der Waals surface area contributed by atoms with Crippen LogP contribution in [0.1, 0.15) is 19.8 Å². The van der Waals surface area contributed by atoms with Crippen molar-refractivity contribution in [2.24, 2.45) is 5.92 Å². The normalized spacial score (nSPS) is 25.0. The summed E-state index contributed by atoms with van der Waals surface area (Å²) in [5.74, 6) is 0.0583. The van der Waals surface area contributed by atoms with Crippen LogP contribution < -0.4 is 10.4 Å². The number of hydrogen-bond donors (Lipinski definition) is 1. The van der Waals surface area contributed by atoms with Gasteiger partial charge in [0.25, 0.3) is 0 Å². The second-order valence-electron chi connectivity index (χ2n) is 8.06. The van der Waals surface area contributed by atoms with Crippen LogP contribution in [0, 0.1) is 5.92 Å². The lowest BCUT2D eigenvalue weighted by Gasteiger charge is -2.35. The van der Waals surface area contributed by atoms with Gasteiger partial charge in [-0.2, -0.15) is 0 Å². The van der Waals surface area contributed by atoms with Gasteiger partial charge in [0.05, 0.1) is 18.8 Å². The van der Waals surface area contributed by atoms with Gasteiger partial charge in [-0.05, 0) is 19.8 Å². The highest BCUT2D eigenvalue weighted by Gasteiger charge is 2.57. The summed E-state index contributed by atoms with van der Waals surface area (Å²) in [6, 6.07) is 21.0. The van der Waals surface area contributed by atoms with Gasteiger partial charge in [-0.3, -0.25) is 4.79 Å². The molecular weight excluding hydrogens is 364 g/mol. The Morgan fingerprint density at radius 2 is 1.68 bits per heavy atom. The van der Waals surface area contributed by atoms with E-state index >= 15 is 0 Å². The summed E-state index contributed by atoms with van der Waals surface area (Å²) in [7, 11) is -2.36. The van der Waals surface area contributed by atoms with Crippen LogP contribution in [-0.4, -0.2) is 37.8 Å². The number of rotatable bonds is 8. The number of Topliss-reactive ketones (excluding diaryl/α,β-unsaturated/α-hetero) is 1. The number of aliphatic hydroxyl groups excluding tert-OH is 1. The molecule has 4 heteroatoms. The van der Waals surface area contributed by atoms with E-state index in [0.717, 1.165) is 0 Å². The van der Waals surface area contributed by atoms with Gasteiger partial charge in [-0.1, -0.05) is 83.7 Å². The molecule has 1 saturated carbocycles. The minimum absolute atomic E-state index is 0.0404. The number of benzene rings is 2. The highest BCUT2D eigenvalue weighted by Crippen LogP contribution is 2.48. The number of carbonyl (C=O) groups excluding carboxylic acids is 1. The summed E-state index contributed by atoms with van der Waals surface area (Å²) in [6.45, 7) is 8.41. The molecule has 0 saturated heterocycles. The van der Waals surface area contributed by atoms with Crippen molar-refractivity contribution in [1.29, 1.82) is 0 Å². The molecule has 0 bridgehead atoms. The fourth-order valence-corrected chi connectivity index (χ4v) is 9.28. The Balaban J connectivity index is 2.10. The third-order valence-electron chi connectivity index (χ3n) is 6.40. The van der Waals surface area contributed by atoms with E-state index in [-0.39, 0.29) is 30.5 Å². The molecule has 0 amide bonds. The Morgan fingerprint density at radius 3 is 2.14 bits per heavy atom. The summed E-state index contributed by atoms with van der Waals surface area (Å²) in [6.07, 6.45) is 3.09. The van der Waals surface area contributed by atoms with Crippen molar-refractivity contribution in [2.45, 2.75) is 37.5 Å². The quantitative estimate of drug-likeness (QED) is 0.553. The minimum atomic E-state index is -2.36. The van der Waals surface area contributed by atoms with E-state index in [9.17, 15) is 9.90 Å². The fraction of sp³-hybridized carbons (Fsp3) is 0.375. The molecule has 3 atom stereocenters. The SMILES string of the molecule is C=CCC1C(=O)C([Si](C)(c2ccccc2)c2ccccc2)CC1(C)OCCO. The van der Waals surface area contributed by atoms with Gasteiger partial charge in [0.1, 0.15) is 13.9 Å². The van der Waals surface area contributed by atoms with E-state index in [4.69, 9.17) is 4.74 Å². The van der Waals surface area contributed by atoms with Crippen LogP contribution in [0.15, 0.2) is 73.3 Å². The zero-order valence-corrected chi connectivity index (χ0v) is 17.8. The van der Waals surface area contributed by atoms with Crippen molar-refractivity contribution in [3.8, 4) is 0 Å². The molecular formula is C24H30O3Si. The van der Waals surface area contributed by atoms with Crippen molar-refractivity contribution in [2.75, 3.05) is 13.2 Å². The zero-order valence-electron chi connectivity index (χ0n) is 16.8. The molecule has 2 aromatic carbocycles. The molecule has 1 fully saturated rings. The summed E-state index contributed by atoms with van der Waals surface area (Å²) >= 11 is 0. The first-order chi connectivity index (χ1) is 13.5. The van der Waals surface area contributed by atoms with Crippen LogP contribution in [0.3, 0.4) is 0 Å². The Bertz CT molecular complexity index is 766. The van der Waals surface area contributed by atoms with Crippen LogP contribution in [0.4, 0.5) is 0 Å². The van der Waals surface area contributed by atoms with Gasteiger partial charge in [0.15, 0.2) is 0 Å². The average Bonchev–Trinajstić information content (AvgIpc) is 2.99. The molecule has 3 unspecified atom stereocenters. The zero-order chi connectivity index (χ0) is 20.2. The monoisotopic (exact) mass is 394 g/mol. The summed E-state index contributed by atoms with van der Waals surface area (Å²) in [4.78, 5) is 13.7. The fourth-order valence-electron chi connectivity index (χ4n) is 4.79. The molecule has 0 spiro atoms. The number of hydrogen-bond acceptors (Lipinski definition) is 3. The number of ether oxygens (including phenoxy) is 1. The highest BCUT2D eigenvalue weighted by atomic mass is 28.3. The number of ketones is 1. The molecule has 0 aromatic heterocycles. The molecule has 148 valence electrons. The topological polar surface area (TPSA) is 46.5 Å². The molecule has 0 aliphatic heterocycles. The maximum absolute atomic E-state index is 13.7. The maximum atomic E-state index is 13.7. The van der Waals surface area contributed by atoms with Crippen LogP contribution >= 0.6 is 0 Å². The smallest absolute Gasteiger partial charge is 0.140 e. The van der Waals surface area contributed by atoms with Crippen LogP contribution in [0.5, 0.6) is 0 Å². The van der Waals surface area contributed by atoms with Crippen molar-refractivity contribution in [3.05, 3.63) is 73.3 Å². The van der Waals surface area contributed by atoms with E-state index in [0.29, 0.717) is 12.8 Å². The van der Waals surface area contributed by atoms with Crippen molar-refractivity contribution in [1.82, 2.24) is 0 Å². The maximum Gasteiger partial charge on any atom is 0.140 e. The molecule has 1 N–H and O–H groups in total. The predicted molar refractivity (Wildman–Crippen MR) is 117 cm³/mol. The first kappa shape index (κ1) is 20.7. The second kappa shape index (κ2) is 8.56. The van der Waals surface area contributed by atoms with E-state index in [1.54, 1.807) is 0 Å². The van der Waals surface area contributed by atoms with Crippen LogP contribution in [0.2, 0.25) is 12.1 Å². The lowest BCUT2D eigenvalue weighted by Crippen LogP contribution is -2.60. The van der Waals surface area contributed by atoms with Gasteiger partial charge in [-0.25, -0.2) is 0 Å². The number of allylic oxidation sites excluding steroid dienone is 1. The van der Waals surface area contributed by atoms with E-state index in [1.165, 1.54) is 10.4 Å². The largest absolute Gasteiger partial charge is 0.394 e. The molecule has 0 heterocycles. The molecule has 3 rings (SSSR count). The summed E-state index contributed by atoms with van der Waals surface area (Å²) < 4.78 is 6.08. The highest BCUT2D eigenvalue weighted by molar-refractivity contribution is 7.04. The summed E-state index contributed by atoms with van der Waals surface area (Å²) in [5, 5.41) is 11.8. The van der Waals surface area contributed by atoms with E-state index in [2.05, 4.69) is 61.7 Å². The third kappa shape index (κ3) is 3.64. The van der Waals surface area contributed by atoms with Crippen molar-refractivity contribution < 1.29 is 14.6 Å². The van der Waals surface area contributed by atoms with Gasteiger partial charge in [0.2, 0.25) is 0 Å². The van der Waals surface area contributed by atoms with Gasteiger partial charge in [-0.15, -0.1) is 6.58 Å². The average molecular weight is 395 g/mol. The molecule has 1 aliphatic carbocycles. The van der Waals surface area contributed by atoms with Crippen molar-refractivity contribution in [3.63, 3.8) is 0 Å². The number of carbonyl (C=O) groups is 1. The Kier molecular flexibility index (Phi) is 6.33. The van der Waals surface area contributed by atoms with Gasteiger partial charge < -0.3 is 9.84 Å². The number of aliphatic hydroxyl groups is 1. The second-order valence-corrected chi connectivity index (χ2v) is 12.3. The standard InChI is InChI=1S/C24H30O3Si/c1-4-11-21-23(26)22(18-24(21,2)27-17-16-25)28(3,19-12-7-5-8-13-19)20-14-9-6-10-15-20/h4-10,12-15,21-22,25H,1,11,16-18H2,2-3H3. The lowest BCUT2D eigenvalue weighted by atomic mass is 9.89. The van der Waals surface area contributed by atoms with Gasteiger partial charge >= 0.3 is 0 Å². The lowest BCUT2D eigenvalue weighted by molar-refractivity contribution is -0.127. The third-order valence-corrected chi connectivity index (χ3v) is 11.4. The molecule has 2 aromatic rings. The molecule has 1 aliphatic rings. The first-order valence-electron chi connectivity index (χ1n) is 9.98. The summed E-state index contributed by atoms with van der Waals surface area (Å²) in [5.41, 5.74) is -0.651. The van der Waals surface area contributed by atoms with E-state index in [1.807, 2.05) is 25.1 Å². The molecule has 28 heavy (non-hydrogen) atoms. The van der Waals surface area contributed by atoms with Crippen molar-refractivity contribution >= 4 is 24.2 Å². The Hall–Kier alpha value is -2.01. The van der Waals surface area contributed by atoms with E-state index < -0.39 is 13.7 Å². The van der Waals surface area contributed by atoms with Gasteiger partial charge in [0, 0.05) is 11.5 Å². The predicted octanol–water partition coefficient (Wildman–Crippen LogP) is 3.18. The molecule has 3 nitrogen and oxygen atoms in total.